The van der Waals surface area contributed by atoms with E-state index in [1.807, 2.05) is 14.1 Å². The molecule has 0 heterocycles. The van der Waals surface area contributed by atoms with E-state index >= 15 is 0 Å². The number of nitrogen functional groups attached to an aromatic ring is 1. The number of benzene rings is 1. The Morgan fingerprint density at radius 3 is 2.74 bits per heavy atom. The average molecular weight is 303 g/mol. The number of halogens is 1. The van der Waals surface area contributed by atoms with Crippen LogP contribution in [0.1, 0.15) is 17.3 Å². The summed E-state index contributed by atoms with van der Waals surface area (Å²) in [6, 6.07) is 3.27. The van der Waals surface area contributed by atoms with E-state index in [9.17, 15) is 4.79 Å². The van der Waals surface area contributed by atoms with Gasteiger partial charge in [0.2, 0.25) is 0 Å². The van der Waals surface area contributed by atoms with Gasteiger partial charge in [0.25, 0.3) is 0 Å². The fourth-order valence-corrected chi connectivity index (χ4v) is 3.00. The molecule has 0 unspecified atom stereocenters. The molecule has 106 valence electrons. The number of hydrogen-bond acceptors (Lipinski definition) is 5. The predicted molar refractivity (Wildman–Crippen MR) is 81.1 cm³/mol. The van der Waals surface area contributed by atoms with Gasteiger partial charge in [-0.05, 0) is 33.2 Å². The number of anilines is 1. The number of ether oxygens (including phenoxy) is 1. The Bertz CT molecular complexity index is 453. The molecule has 1 aromatic rings. The molecule has 2 N–H and O–H groups in total. The van der Waals surface area contributed by atoms with Gasteiger partial charge < -0.3 is 15.4 Å². The second kappa shape index (κ2) is 7.62. The van der Waals surface area contributed by atoms with Crippen molar-refractivity contribution in [2.24, 2.45) is 0 Å². The molecule has 19 heavy (non-hydrogen) atoms. The molecule has 1 aromatic carbocycles. The highest BCUT2D eigenvalue weighted by Gasteiger charge is 2.17. The molecule has 1 rings (SSSR count). The molecule has 0 saturated heterocycles. The molecule has 0 fully saturated rings. The first kappa shape index (κ1) is 16.1. The van der Waals surface area contributed by atoms with Gasteiger partial charge in [-0.15, -0.1) is 11.8 Å². The van der Waals surface area contributed by atoms with Crippen molar-refractivity contribution in [1.82, 2.24) is 4.90 Å². The molecule has 0 atom stereocenters. The number of carbonyl (C=O) groups excluding carboxylic acids is 1. The van der Waals surface area contributed by atoms with Gasteiger partial charge in [0, 0.05) is 22.9 Å². The van der Waals surface area contributed by atoms with Crippen molar-refractivity contribution in [1.29, 1.82) is 0 Å². The lowest BCUT2D eigenvalue weighted by Gasteiger charge is -2.13. The lowest BCUT2D eigenvalue weighted by atomic mass is 10.2. The number of rotatable bonds is 6. The van der Waals surface area contributed by atoms with Crippen molar-refractivity contribution >= 4 is 35.0 Å². The van der Waals surface area contributed by atoms with Gasteiger partial charge in [0.1, 0.15) is 0 Å². The van der Waals surface area contributed by atoms with Gasteiger partial charge in [-0.25, -0.2) is 4.79 Å². The van der Waals surface area contributed by atoms with Crippen molar-refractivity contribution in [3.05, 3.63) is 22.7 Å². The highest BCUT2D eigenvalue weighted by molar-refractivity contribution is 7.99. The lowest BCUT2D eigenvalue weighted by Crippen LogP contribution is -2.15. The maximum absolute atomic E-state index is 11.9. The van der Waals surface area contributed by atoms with E-state index in [-0.39, 0.29) is 5.97 Å². The Kier molecular flexibility index (Phi) is 6.48. The first-order valence-electron chi connectivity index (χ1n) is 5.99. The highest BCUT2D eigenvalue weighted by atomic mass is 35.5. The van der Waals surface area contributed by atoms with Crippen LogP contribution in [0.4, 0.5) is 5.69 Å². The SMILES string of the molecule is CCOC(=O)c1cc(N)cc(Cl)c1SCCN(C)C. The summed E-state index contributed by atoms with van der Waals surface area (Å²) in [6.07, 6.45) is 0. The number of nitrogens with two attached hydrogens (primary N) is 1. The first-order valence-corrected chi connectivity index (χ1v) is 7.35. The third-order valence-corrected chi connectivity index (χ3v) is 3.87. The van der Waals surface area contributed by atoms with E-state index in [4.69, 9.17) is 22.1 Å². The predicted octanol–water partition coefficient (Wildman–Crippen LogP) is 2.75. The minimum Gasteiger partial charge on any atom is -0.462 e. The minimum atomic E-state index is -0.385. The van der Waals surface area contributed by atoms with Gasteiger partial charge in [0.15, 0.2) is 0 Å². The summed E-state index contributed by atoms with van der Waals surface area (Å²) >= 11 is 7.71. The zero-order chi connectivity index (χ0) is 14.4. The number of esters is 1. The summed E-state index contributed by atoms with van der Waals surface area (Å²) in [6.45, 7) is 2.99. The Labute approximate surface area is 123 Å². The molecule has 4 nitrogen and oxygen atoms in total. The molecule has 0 bridgehead atoms. The van der Waals surface area contributed by atoms with Crippen LogP contribution in [0.2, 0.25) is 5.02 Å². The average Bonchev–Trinajstić information content (AvgIpc) is 2.31. The summed E-state index contributed by atoms with van der Waals surface area (Å²) in [7, 11) is 3.99. The van der Waals surface area contributed by atoms with E-state index in [2.05, 4.69) is 4.90 Å². The van der Waals surface area contributed by atoms with E-state index < -0.39 is 0 Å². The smallest absolute Gasteiger partial charge is 0.339 e. The van der Waals surface area contributed by atoms with E-state index in [1.54, 1.807) is 19.1 Å². The quantitative estimate of drug-likeness (QED) is 0.497. The van der Waals surface area contributed by atoms with Crippen LogP contribution in [-0.4, -0.2) is 43.9 Å². The molecule has 0 spiro atoms. The number of nitrogens with zero attached hydrogens (tertiary/aromatic N) is 1. The topological polar surface area (TPSA) is 55.6 Å². The van der Waals surface area contributed by atoms with Crippen LogP contribution in [0, 0.1) is 0 Å². The Balaban J connectivity index is 2.96. The summed E-state index contributed by atoms with van der Waals surface area (Å²) in [5, 5.41) is 0.492. The normalized spacial score (nSPS) is 10.8. The van der Waals surface area contributed by atoms with Crippen molar-refractivity contribution in [2.45, 2.75) is 11.8 Å². The molecular weight excluding hydrogens is 284 g/mol. The van der Waals surface area contributed by atoms with Gasteiger partial charge in [-0.1, -0.05) is 11.6 Å². The Morgan fingerprint density at radius 1 is 1.47 bits per heavy atom. The molecular formula is C13H19ClN2O2S. The van der Waals surface area contributed by atoms with Crippen molar-refractivity contribution < 1.29 is 9.53 Å². The van der Waals surface area contributed by atoms with Crippen LogP contribution < -0.4 is 5.73 Å². The zero-order valence-corrected chi connectivity index (χ0v) is 13.0. The van der Waals surface area contributed by atoms with Crippen LogP contribution in [0.15, 0.2) is 17.0 Å². The molecule has 0 saturated carbocycles. The van der Waals surface area contributed by atoms with Crippen molar-refractivity contribution in [3.8, 4) is 0 Å². The molecule has 0 aromatic heterocycles. The fourth-order valence-electron chi connectivity index (χ4n) is 1.45. The van der Waals surface area contributed by atoms with Crippen LogP contribution in [0.3, 0.4) is 0 Å². The van der Waals surface area contributed by atoms with Crippen LogP contribution in [-0.2, 0) is 4.74 Å². The molecule has 6 heteroatoms. The number of thioether (sulfide) groups is 1. The largest absolute Gasteiger partial charge is 0.462 e. The first-order chi connectivity index (χ1) is 8.95. The second-order valence-corrected chi connectivity index (χ2v) is 5.76. The number of carbonyl (C=O) groups is 1. The van der Waals surface area contributed by atoms with Gasteiger partial charge in [0.05, 0.1) is 17.2 Å². The fraction of sp³-hybridized carbons (Fsp3) is 0.462. The maximum atomic E-state index is 11.9. The lowest BCUT2D eigenvalue weighted by molar-refractivity contribution is 0.0522. The zero-order valence-electron chi connectivity index (χ0n) is 11.4. The third-order valence-electron chi connectivity index (χ3n) is 2.35. The van der Waals surface area contributed by atoms with Crippen LogP contribution >= 0.6 is 23.4 Å². The Morgan fingerprint density at radius 2 is 2.16 bits per heavy atom. The number of hydrogen-bond donors (Lipinski definition) is 1. The third kappa shape index (κ3) is 4.93. The second-order valence-electron chi connectivity index (χ2n) is 4.25. The molecule has 0 aliphatic heterocycles. The maximum Gasteiger partial charge on any atom is 0.339 e. The van der Waals surface area contributed by atoms with Crippen molar-refractivity contribution in [3.63, 3.8) is 0 Å². The molecule has 0 radical (unpaired) electrons. The summed E-state index contributed by atoms with van der Waals surface area (Å²) in [4.78, 5) is 14.7. The van der Waals surface area contributed by atoms with E-state index in [0.29, 0.717) is 22.9 Å². The van der Waals surface area contributed by atoms with E-state index in [0.717, 1.165) is 17.2 Å². The molecule has 0 aliphatic rings. The summed E-state index contributed by atoms with van der Waals surface area (Å²) in [5.41, 5.74) is 6.63. The van der Waals surface area contributed by atoms with E-state index in [1.165, 1.54) is 11.8 Å². The standard InChI is InChI=1S/C13H19ClN2O2S/c1-4-18-13(17)10-7-9(15)8-11(14)12(10)19-6-5-16(2)3/h7-8H,4-6,15H2,1-3H3. The monoisotopic (exact) mass is 302 g/mol. The van der Waals surface area contributed by atoms with Crippen LogP contribution in [0.25, 0.3) is 0 Å². The molecule has 0 amide bonds. The molecule has 0 aliphatic carbocycles. The summed E-state index contributed by atoms with van der Waals surface area (Å²) < 4.78 is 5.03. The highest BCUT2D eigenvalue weighted by Crippen LogP contribution is 2.33. The van der Waals surface area contributed by atoms with Gasteiger partial charge >= 0.3 is 5.97 Å². The Hall–Kier alpha value is -0.910. The minimum absolute atomic E-state index is 0.326. The summed E-state index contributed by atoms with van der Waals surface area (Å²) in [5.74, 6) is 0.451. The van der Waals surface area contributed by atoms with Gasteiger partial charge in [-0.2, -0.15) is 0 Å². The van der Waals surface area contributed by atoms with Gasteiger partial charge in [-0.3, -0.25) is 0 Å². The van der Waals surface area contributed by atoms with Crippen LogP contribution in [0.5, 0.6) is 0 Å². The van der Waals surface area contributed by atoms with Crippen molar-refractivity contribution in [2.75, 3.05) is 38.7 Å².